The van der Waals surface area contributed by atoms with Crippen LogP contribution < -0.4 is 0 Å². The lowest BCUT2D eigenvalue weighted by molar-refractivity contribution is 0.218. The van der Waals surface area contributed by atoms with Gasteiger partial charge in [-0.15, -0.1) is 16.8 Å². The molecule has 0 saturated heterocycles. The molecule has 0 atom stereocenters. The van der Waals surface area contributed by atoms with E-state index in [1.165, 1.54) is 5.56 Å². The minimum atomic E-state index is 0.700. The van der Waals surface area contributed by atoms with E-state index in [1.54, 1.807) is 18.9 Å². The van der Waals surface area contributed by atoms with E-state index in [-0.39, 0.29) is 0 Å². The largest absolute Gasteiger partial charge is 0.384 e. The molecule has 2 aromatic rings. The number of thioether (sulfide) groups is 1. The number of nitrogens with zero attached hydrogens (tertiary/aromatic N) is 3. The van der Waals surface area contributed by atoms with Crippen molar-refractivity contribution in [2.24, 2.45) is 0 Å². The van der Waals surface area contributed by atoms with Crippen molar-refractivity contribution in [1.82, 2.24) is 14.8 Å². The highest BCUT2D eigenvalue weighted by Crippen LogP contribution is 2.24. The van der Waals surface area contributed by atoms with Gasteiger partial charge in [0.15, 0.2) is 11.0 Å². The van der Waals surface area contributed by atoms with Gasteiger partial charge in [0.05, 0.1) is 6.61 Å². The Morgan fingerprint density at radius 1 is 1.40 bits per heavy atom. The summed E-state index contributed by atoms with van der Waals surface area (Å²) in [5.41, 5.74) is 2.29. The number of hydrogen-bond acceptors (Lipinski definition) is 4. The maximum absolute atomic E-state index is 5.07. The number of ether oxygens (including phenoxy) is 1. The number of aryl methyl sites for hydroxylation is 1. The Balaban J connectivity index is 2.30. The van der Waals surface area contributed by atoms with Crippen molar-refractivity contribution < 1.29 is 4.74 Å². The molecule has 1 heterocycles. The SMILES string of the molecule is C=CCn1c(SCCOC)nnc1-c1cccc(C)c1. The lowest BCUT2D eigenvalue weighted by Crippen LogP contribution is -2.02. The number of rotatable bonds is 7. The molecule has 0 aliphatic heterocycles. The van der Waals surface area contributed by atoms with Gasteiger partial charge >= 0.3 is 0 Å². The topological polar surface area (TPSA) is 39.9 Å². The fourth-order valence-electron chi connectivity index (χ4n) is 1.90. The van der Waals surface area contributed by atoms with Crippen molar-refractivity contribution in [3.05, 3.63) is 42.5 Å². The van der Waals surface area contributed by atoms with Crippen LogP contribution in [-0.2, 0) is 11.3 Å². The quantitative estimate of drug-likeness (QED) is 0.446. The number of methoxy groups -OCH3 is 1. The third-order valence-electron chi connectivity index (χ3n) is 2.82. The third kappa shape index (κ3) is 3.49. The predicted octanol–water partition coefficient (Wildman–Crippen LogP) is 3.18. The van der Waals surface area contributed by atoms with Crippen molar-refractivity contribution >= 4 is 11.8 Å². The Bertz CT molecular complexity index is 580. The molecule has 20 heavy (non-hydrogen) atoms. The van der Waals surface area contributed by atoms with Crippen molar-refractivity contribution in [2.45, 2.75) is 18.6 Å². The maximum atomic E-state index is 5.07. The molecule has 0 bridgehead atoms. The molecule has 106 valence electrons. The molecule has 0 radical (unpaired) electrons. The highest BCUT2D eigenvalue weighted by molar-refractivity contribution is 7.99. The first-order valence-electron chi connectivity index (χ1n) is 6.49. The molecule has 0 unspecified atom stereocenters. The number of benzene rings is 1. The van der Waals surface area contributed by atoms with Crippen LogP contribution in [0.25, 0.3) is 11.4 Å². The van der Waals surface area contributed by atoms with Crippen molar-refractivity contribution in [1.29, 1.82) is 0 Å². The molecule has 1 aromatic heterocycles. The summed E-state index contributed by atoms with van der Waals surface area (Å²) in [7, 11) is 1.70. The molecule has 0 aliphatic carbocycles. The molecule has 4 nitrogen and oxygen atoms in total. The highest BCUT2D eigenvalue weighted by atomic mass is 32.2. The molecule has 0 aliphatic rings. The Kier molecular flexibility index (Phi) is 5.38. The number of aromatic nitrogens is 3. The van der Waals surface area contributed by atoms with Crippen LogP contribution in [0.3, 0.4) is 0 Å². The normalized spacial score (nSPS) is 10.7. The first kappa shape index (κ1) is 14.8. The lowest BCUT2D eigenvalue weighted by Gasteiger charge is -2.08. The van der Waals surface area contributed by atoms with Crippen LogP contribution >= 0.6 is 11.8 Å². The Morgan fingerprint density at radius 3 is 2.95 bits per heavy atom. The first-order valence-corrected chi connectivity index (χ1v) is 7.47. The van der Waals surface area contributed by atoms with Crippen molar-refractivity contribution in [3.8, 4) is 11.4 Å². The summed E-state index contributed by atoms with van der Waals surface area (Å²) in [6, 6.07) is 8.29. The summed E-state index contributed by atoms with van der Waals surface area (Å²) < 4.78 is 7.16. The summed E-state index contributed by atoms with van der Waals surface area (Å²) >= 11 is 1.65. The molecule has 0 N–H and O–H groups in total. The molecular formula is C15H19N3OS. The molecule has 0 spiro atoms. The summed E-state index contributed by atoms with van der Waals surface area (Å²) in [5, 5.41) is 9.51. The van der Waals surface area contributed by atoms with Crippen LogP contribution in [0.2, 0.25) is 0 Å². The van der Waals surface area contributed by atoms with Gasteiger partial charge in [-0.2, -0.15) is 0 Å². The zero-order valence-corrected chi connectivity index (χ0v) is 12.7. The van der Waals surface area contributed by atoms with Gasteiger partial charge in [-0.1, -0.05) is 41.6 Å². The summed E-state index contributed by atoms with van der Waals surface area (Å²) in [4.78, 5) is 0. The molecule has 1 aromatic carbocycles. The van der Waals surface area contributed by atoms with Crippen LogP contribution in [0.1, 0.15) is 5.56 Å². The summed E-state index contributed by atoms with van der Waals surface area (Å²) in [6.07, 6.45) is 1.86. The minimum Gasteiger partial charge on any atom is -0.384 e. The van der Waals surface area contributed by atoms with Gasteiger partial charge in [0.25, 0.3) is 0 Å². The van der Waals surface area contributed by atoms with Crippen LogP contribution in [0.5, 0.6) is 0 Å². The molecular weight excluding hydrogens is 270 g/mol. The van der Waals surface area contributed by atoms with Gasteiger partial charge in [-0.25, -0.2) is 0 Å². The van der Waals surface area contributed by atoms with Gasteiger partial charge < -0.3 is 4.74 Å². The van der Waals surface area contributed by atoms with Gasteiger partial charge in [0.1, 0.15) is 0 Å². The fourth-order valence-corrected chi connectivity index (χ4v) is 2.75. The van der Waals surface area contributed by atoms with Crippen molar-refractivity contribution in [3.63, 3.8) is 0 Å². The molecule has 5 heteroatoms. The average molecular weight is 289 g/mol. The van der Waals surface area contributed by atoms with Crippen LogP contribution in [0.15, 0.2) is 42.1 Å². The molecule has 2 rings (SSSR count). The smallest absolute Gasteiger partial charge is 0.191 e. The summed E-state index contributed by atoms with van der Waals surface area (Å²) in [5.74, 6) is 1.74. The first-order chi connectivity index (χ1) is 9.76. The Hall–Kier alpha value is -1.59. The van der Waals surface area contributed by atoms with E-state index < -0.39 is 0 Å². The van der Waals surface area contributed by atoms with Crippen molar-refractivity contribution in [2.75, 3.05) is 19.5 Å². The van der Waals surface area contributed by atoms with Gasteiger partial charge in [-0.3, -0.25) is 4.57 Å². The van der Waals surface area contributed by atoms with Crippen LogP contribution in [0, 0.1) is 6.92 Å². The van der Waals surface area contributed by atoms with Gasteiger partial charge in [0.2, 0.25) is 0 Å². The van der Waals surface area contributed by atoms with Crippen LogP contribution in [-0.4, -0.2) is 34.2 Å². The zero-order chi connectivity index (χ0) is 14.4. The molecule has 0 fully saturated rings. The summed E-state index contributed by atoms with van der Waals surface area (Å²) in [6.45, 7) is 7.29. The van der Waals surface area contributed by atoms with E-state index in [0.717, 1.165) is 22.3 Å². The second-order valence-electron chi connectivity index (χ2n) is 4.42. The maximum Gasteiger partial charge on any atom is 0.191 e. The Labute approximate surface area is 123 Å². The minimum absolute atomic E-state index is 0.700. The van der Waals surface area contributed by atoms with Gasteiger partial charge in [0, 0.05) is 25.0 Å². The van der Waals surface area contributed by atoms with E-state index in [4.69, 9.17) is 4.74 Å². The highest BCUT2D eigenvalue weighted by Gasteiger charge is 2.13. The van der Waals surface area contributed by atoms with Crippen LogP contribution in [0.4, 0.5) is 0 Å². The third-order valence-corrected chi connectivity index (χ3v) is 3.75. The second kappa shape index (κ2) is 7.26. The second-order valence-corrected chi connectivity index (χ2v) is 5.48. The zero-order valence-electron chi connectivity index (χ0n) is 11.9. The average Bonchev–Trinajstić information content (AvgIpc) is 2.83. The monoisotopic (exact) mass is 289 g/mol. The van der Waals surface area contributed by atoms with E-state index in [9.17, 15) is 0 Å². The predicted molar refractivity (Wildman–Crippen MR) is 83.0 cm³/mol. The Morgan fingerprint density at radius 2 is 2.25 bits per heavy atom. The molecule has 0 amide bonds. The molecule has 0 saturated carbocycles. The van der Waals surface area contributed by atoms with E-state index >= 15 is 0 Å². The standard InChI is InChI=1S/C15H19N3OS/c1-4-8-18-14(13-7-5-6-12(2)11-13)16-17-15(18)20-10-9-19-3/h4-7,11H,1,8-10H2,2-3H3. The van der Waals surface area contributed by atoms with E-state index in [1.807, 2.05) is 12.1 Å². The lowest BCUT2D eigenvalue weighted by atomic mass is 10.1. The number of hydrogen-bond donors (Lipinski definition) is 0. The number of allylic oxidation sites excluding steroid dienone is 1. The van der Waals surface area contributed by atoms with Gasteiger partial charge in [-0.05, 0) is 13.0 Å². The van der Waals surface area contributed by atoms with E-state index in [2.05, 4.69) is 46.5 Å². The van der Waals surface area contributed by atoms with E-state index in [0.29, 0.717) is 13.2 Å². The fraction of sp³-hybridized carbons (Fsp3) is 0.333.